The van der Waals surface area contributed by atoms with Crippen molar-refractivity contribution in [2.75, 3.05) is 6.54 Å². The van der Waals surface area contributed by atoms with Gasteiger partial charge in [0.15, 0.2) is 0 Å². The first-order chi connectivity index (χ1) is 15.7. The number of rotatable bonds is 10. The monoisotopic (exact) mass is 454 g/mol. The summed E-state index contributed by atoms with van der Waals surface area (Å²) in [6.07, 6.45) is 2.75. The second-order valence-electron chi connectivity index (χ2n) is 8.29. The number of aliphatic carboxylic acids is 1. The van der Waals surface area contributed by atoms with Crippen LogP contribution in [0.4, 0.5) is 4.39 Å². The van der Waals surface area contributed by atoms with E-state index in [4.69, 9.17) is 0 Å². The van der Waals surface area contributed by atoms with Crippen LogP contribution < -0.4 is 5.32 Å². The summed E-state index contributed by atoms with van der Waals surface area (Å²) in [5, 5.41) is 30.5. The number of aromatic nitrogens is 3. The van der Waals surface area contributed by atoms with E-state index in [1.54, 1.807) is 36.0 Å². The van der Waals surface area contributed by atoms with Gasteiger partial charge in [0.25, 0.3) is 5.91 Å². The number of carboxylic acid groups (broad SMARTS) is 1. The van der Waals surface area contributed by atoms with Crippen LogP contribution in [-0.4, -0.2) is 49.2 Å². The minimum absolute atomic E-state index is 0.131. The molecule has 0 spiro atoms. The molecule has 0 saturated carbocycles. The highest BCUT2D eigenvalue weighted by Gasteiger charge is 2.22. The molecule has 0 aliphatic rings. The number of amides is 1. The molecule has 0 bridgehead atoms. The van der Waals surface area contributed by atoms with Crippen LogP contribution in [0.3, 0.4) is 0 Å². The van der Waals surface area contributed by atoms with Crippen molar-refractivity contribution in [1.82, 2.24) is 20.3 Å². The van der Waals surface area contributed by atoms with Gasteiger partial charge in [0.2, 0.25) is 0 Å². The van der Waals surface area contributed by atoms with E-state index in [-0.39, 0.29) is 6.54 Å². The van der Waals surface area contributed by atoms with E-state index in [1.807, 2.05) is 13.0 Å². The number of halogens is 1. The predicted molar refractivity (Wildman–Crippen MR) is 119 cm³/mol. The summed E-state index contributed by atoms with van der Waals surface area (Å²) in [4.78, 5) is 24.3. The minimum atomic E-state index is -1.11. The number of carboxylic acids is 1. The van der Waals surface area contributed by atoms with E-state index in [2.05, 4.69) is 15.6 Å². The lowest BCUT2D eigenvalue weighted by Gasteiger charge is -2.18. The number of hydrogen-bond donors (Lipinski definition) is 3. The summed E-state index contributed by atoms with van der Waals surface area (Å²) in [5.41, 5.74) is 1.43. The maximum Gasteiger partial charge on any atom is 0.312 e. The van der Waals surface area contributed by atoms with E-state index in [9.17, 15) is 24.2 Å². The van der Waals surface area contributed by atoms with E-state index in [0.29, 0.717) is 36.2 Å². The van der Waals surface area contributed by atoms with E-state index in [1.165, 1.54) is 24.3 Å². The Balaban J connectivity index is 1.64. The molecule has 1 amide bonds. The molecule has 2 atom stereocenters. The van der Waals surface area contributed by atoms with Crippen LogP contribution in [0, 0.1) is 5.82 Å². The van der Waals surface area contributed by atoms with Crippen LogP contribution in [-0.2, 0) is 17.8 Å². The molecule has 3 aromatic rings. The number of aliphatic hydroxyl groups is 1. The zero-order valence-corrected chi connectivity index (χ0v) is 18.5. The van der Waals surface area contributed by atoms with Crippen LogP contribution in [0.25, 0.3) is 0 Å². The Morgan fingerprint density at radius 1 is 1.21 bits per heavy atom. The van der Waals surface area contributed by atoms with Crippen molar-refractivity contribution < 1.29 is 24.2 Å². The lowest BCUT2D eigenvalue weighted by Crippen LogP contribution is -2.31. The van der Waals surface area contributed by atoms with Crippen LogP contribution in [0.1, 0.15) is 53.4 Å². The number of nitrogens with one attached hydrogen (secondary N) is 1. The molecule has 174 valence electrons. The molecule has 0 radical (unpaired) electrons. The molecule has 3 rings (SSSR count). The Kier molecular flexibility index (Phi) is 7.55. The molecular weight excluding hydrogens is 427 g/mol. The van der Waals surface area contributed by atoms with Crippen molar-refractivity contribution in [1.29, 1.82) is 0 Å². The fraction of sp³-hybridized carbons (Fsp3) is 0.333. The third-order valence-electron chi connectivity index (χ3n) is 5.48. The van der Waals surface area contributed by atoms with Gasteiger partial charge in [-0.05, 0) is 48.7 Å². The second kappa shape index (κ2) is 10.4. The first-order valence-corrected chi connectivity index (χ1v) is 10.6. The van der Waals surface area contributed by atoms with E-state index >= 15 is 0 Å². The Hall–Kier alpha value is -3.59. The molecular formula is C24H27FN4O4. The molecule has 3 N–H and O–H groups in total. The van der Waals surface area contributed by atoms with Crippen molar-refractivity contribution in [3.63, 3.8) is 0 Å². The maximum absolute atomic E-state index is 13.1. The number of carbonyl (C=O) groups is 2. The number of nitrogens with zero attached hydrogens (tertiary/aromatic N) is 3. The molecule has 1 aromatic heterocycles. The third-order valence-corrected chi connectivity index (χ3v) is 5.48. The molecule has 2 unspecified atom stereocenters. The maximum atomic E-state index is 13.1. The normalized spacial score (nSPS) is 13.8. The average molecular weight is 455 g/mol. The highest BCUT2D eigenvalue weighted by Crippen LogP contribution is 2.17. The van der Waals surface area contributed by atoms with Crippen LogP contribution in [0.2, 0.25) is 0 Å². The molecule has 0 saturated heterocycles. The minimum Gasteiger partial charge on any atom is -0.481 e. The van der Waals surface area contributed by atoms with Gasteiger partial charge in [-0.25, -0.2) is 9.07 Å². The zero-order chi connectivity index (χ0) is 24.0. The number of carbonyl (C=O) groups excluding carboxylic acids is 1. The molecule has 33 heavy (non-hydrogen) atoms. The Morgan fingerprint density at radius 3 is 2.61 bits per heavy atom. The molecule has 0 aliphatic heterocycles. The van der Waals surface area contributed by atoms with Gasteiger partial charge < -0.3 is 15.5 Å². The van der Waals surface area contributed by atoms with Gasteiger partial charge in [-0.3, -0.25) is 9.59 Å². The van der Waals surface area contributed by atoms with Gasteiger partial charge in [-0.1, -0.05) is 36.4 Å². The van der Waals surface area contributed by atoms with Crippen molar-refractivity contribution in [3.8, 4) is 0 Å². The van der Waals surface area contributed by atoms with Gasteiger partial charge in [-0.15, -0.1) is 5.10 Å². The third kappa shape index (κ3) is 6.69. The summed E-state index contributed by atoms with van der Waals surface area (Å²) < 4.78 is 14.8. The number of hydrogen-bond acceptors (Lipinski definition) is 5. The van der Waals surface area contributed by atoms with Crippen molar-refractivity contribution in [2.45, 2.75) is 44.8 Å². The van der Waals surface area contributed by atoms with Gasteiger partial charge >= 0.3 is 5.97 Å². The van der Waals surface area contributed by atoms with Crippen LogP contribution in [0.5, 0.6) is 0 Å². The standard InChI is InChI=1S/C24H27FN4O4/c1-3-24(2,33)12-20-15-29(28-27-20)14-16-5-4-6-18(11-16)22(30)26-13-21(23(31)32)17-7-9-19(25)10-8-17/h4-11,15,21,33H,3,12-14H2,1-2H3,(H,26,30)(H,31,32). The lowest BCUT2D eigenvalue weighted by atomic mass is 9.98. The summed E-state index contributed by atoms with van der Waals surface area (Å²) >= 11 is 0. The van der Waals surface area contributed by atoms with Gasteiger partial charge in [0.05, 0.1) is 23.8 Å². The Labute approximate surface area is 191 Å². The van der Waals surface area contributed by atoms with Crippen molar-refractivity contribution in [2.24, 2.45) is 0 Å². The Morgan fingerprint density at radius 2 is 1.94 bits per heavy atom. The first kappa shape index (κ1) is 24.1. The summed E-state index contributed by atoms with van der Waals surface area (Å²) in [5.74, 6) is -2.98. The van der Waals surface area contributed by atoms with Gasteiger partial charge in [-0.2, -0.15) is 0 Å². The largest absolute Gasteiger partial charge is 0.481 e. The van der Waals surface area contributed by atoms with Gasteiger partial charge in [0.1, 0.15) is 5.82 Å². The van der Waals surface area contributed by atoms with Crippen LogP contribution in [0.15, 0.2) is 54.7 Å². The molecule has 1 heterocycles. The van der Waals surface area contributed by atoms with Crippen molar-refractivity contribution >= 4 is 11.9 Å². The molecule has 8 nitrogen and oxygen atoms in total. The van der Waals surface area contributed by atoms with Gasteiger partial charge in [0, 0.05) is 24.7 Å². The highest BCUT2D eigenvalue weighted by molar-refractivity contribution is 5.94. The van der Waals surface area contributed by atoms with Crippen molar-refractivity contribution in [3.05, 3.63) is 82.9 Å². The fourth-order valence-corrected chi connectivity index (χ4v) is 3.35. The number of benzene rings is 2. The molecule has 0 fully saturated rings. The molecule has 0 aliphatic carbocycles. The first-order valence-electron chi connectivity index (χ1n) is 10.6. The Bertz CT molecular complexity index is 1110. The average Bonchev–Trinajstić information content (AvgIpc) is 3.20. The van der Waals surface area contributed by atoms with Crippen LogP contribution >= 0.6 is 0 Å². The lowest BCUT2D eigenvalue weighted by molar-refractivity contribution is -0.138. The topological polar surface area (TPSA) is 117 Å². The molecule has 2 aromatic carbocycles. The summed E-state index contributed by atoms with van der Waals surface area (Å²) in [6, 6.07) is 12.1. The quantitative estimate of drug-likeness (QED) is 0.434. The second-order valence-corrected chi connectivity index (χ2v) is 8.29. The summed E-state index contributed by atoms with van der Waals surface area (Å²) in [7, 11) is 0. The highest BCUT2D eigenvalue weighted by atomic mass is 19.1. The zero-order valence-electron chi connectivity index (χ0n) is 18.5. The predicted octanol–water partition coefficient (Wildman–Crippen LogP) is 2.77. The smallest absolute Gasteiger partial charge is 0.312 e. The van der Waals surface area contributed by atoms with E-state index in [0.717, 1.165) is 5.56 Å². The fourth-order valence-electron chi connectivity index (χ4n) is 3.35. The summed E-state index contributed by atoms with van der Waals surface area (Å²) in [6.45, 7) is 3.90. The SMILES string of the molecule is CCC(C)(O)Cc1cn(Cc2cccc(C(=O)NCC(C(=O)O)c3ccc(F)cc3)c2)nn1. The van der Waals surface area contributed by atoms with E-state index < -0.39 is 29.2 Å². The molecule has 9 heteroatoms.